The van der Waals surface area contributed by atoms with Crippen LogP contribution in [-0.4, -0.2) is 81.8 Å². The lowest BCUT2D eigenvalue weighted by Crippen LogP contribution is -2.53. The van der Waals surface area contributed by atoms with Gasteiger partial charge < -0.3 is 34.9 Å². The van der Waals surface area contributed by atoms with Gasteiger partial charge in [-0.15, -0.1) is 0 Å². The number of aromatic hydroxyl groups is 1. The molecule has 1 rings (SSSR count). The number of nitrogens with zero attached hydrogens (tertiary/aromatic N) is 4. The summed E-state index contributed by atoms with van der Waals surface area (Å²) in [6, 6.07) is 3.50. The number of amides is 3. The minimum absolute atomic E-state index is 0.0578. The van der Waals surface area contributed by atoms with E-state index in [0.717, 1.165) is 12.0 Å². The average molecular weight is 733 g/mol. The highest BCUT2D eigenvalue weighted by Gasteiger charge is 2.31. The van der Waals surface area contributed by atoms with Crippen LogP contribution in [0, 0.1) is 0 Å². The minimum atomic E-state index is -1.20. The molecule has 0 radical (unpaired) electrons. The first-order chi connectivity index (χ1) is 24.1. The highest BCUT2D eigenvalue weighted by molar-refractivity contribution is 5.87. The van der Waals surface area contributed by atoms with E-state index < -0.39 is 52.8 Å². The number of unbranched alkanes of at least 4 members (excludes halogenated alkanes) is 3. The first kappa shape index (κ1) is 45.5. The highest BCUT2D eigenvalue weighted by Crippen LogP contribution is 2.17. The smallest absolute Gasteiger partial charge is 0.329 e. The lowest BCUT2D eigenvalue weighted by Gasteiger charge is -2.27. The maximum atomic E-state index is 13.3. The third-order valence-corrected chi connectivity index (χ3v) is 7.10. The molecular formula is C37H60N6O9. The van der Waals surface area contributed by atoms with Gasteiger partial charge in [-0.3, -0.25) is 9.59 Å². The SMILES string of the molecule is CC(C)(C)OC(=O)CCC(NC(=O)NC(CCCCN(Cc1ccc(O)cc1)C(=O)CCCCCN=[N+]=[N-])C(=O)OC(C)(C)C)C(=O)OC(C)(C)C. The molecule has 0 saturated carbocycles. The van der Waals surface area contributed by atoms with Crippen molar-refractivity contribution in [3.8, 4) is 5.75 Å². The summed E-state index contributed by atoms with van der Waals surface area (Å²) in [7, 11) is 0. The van der Waals surface area contributed by atoms with Crippen LogP contribution in [0.5, 0.6) is 5.75 Å². The average Bonchev–Trinajstić information content (AvgIpc) is 3.00. The number of urea groups is 1. The number of carbonyl (C=O) groups is 5. The van der Waals surface area contributed by atoms with Gasteiger partial charge in [0, 0.05) is 37.4 Å². The third kappa shape index (κ3) is 21.6. The zero-order chi connectivity index (χ0) is 39.5. The van der Waals surface area contributed by atoms with Crippen LogP contribution < -0.4 is 10.6 Å². The highest BCUT2D eigenvalue weighted by atomic mass is 16.6. The fourth-order valence-electron chi connectivity index (χ4n) is 4.86. The fourth-order valence-corrected chi connectivity index (χ4v) is 4.86. The van der Waals surface area contributed by atoms with E-state index in [2.05, 4.69) is 20.7 Å². The lowest BCUT2D eigenvalue weighted by molar-refractivity contribution is -0.159. The van der Waals surface area contributed by atoms with Crippen LogP contribution in [0.3, 0.4) is 0 Å². The molecule has 0 aliphatic rings. The van der Waals surface area contributed by atoms with Crippen molar-refractivity contribution in [2.45, 2.75) is 156 Å². The molecular weight excluding hydrogens is 672 g/mol. The van der Waals surface area contributed by atoms with Gasteiger partial charge >= 0.3 is 23.9 Å². The monoisotopic (exact) mass is 732 g/mol. The van der Waals surface area contributed by atoms with Crippen LogP contribution >= 0.6 is 0 Å². The summed E-state index contributed by atoms with van der Waals surface area (Å²) in [6.45, 7) is 16.4. The Morgan fingerprint density at radius 3 is 1.81 bits per heavy atom. The number of carbonyl (C=O) groups excluding carboxylic acids is 5. The van der Waals surface area contributed by atoms with Crippen molar-refractivity contribution in [1.82, 2.24) is 15.5 Å². The third-order valence-electron chi connectivity index (χ3n) is 7.10. The molecule has 0 aliphatic carbocycles. The molecule has 2 atom stereocenters. The zero-order valence-corrected chi connectivity index (χ0v) is 32.5. The molecule has 1 aromatic carbocycles. The van der Waals surface area contributed by atoms with E-state index in [0.29, 0.717) is 51.7 Å². The molecule has 292 valence electrons. The molecule has 15 heteroatoms. The summed E-state index contributed by atoms with van der Waals surface area (Å²) < 4.78 is 16.4. The number of hydrogen-bond acceptors (Lipinski definition) is 10. The number of azide groups is 1. The standard InChI is InChI=1S/C37H60N6O9/c1-35(2,3)50-31(46)22-21-29(33(48)52-37(7,8)9)41-34(49)40-28(32(47)51-36(4,5)6)15-12-14-24-43(25-26-17-19-27(44)20-18-26)30(45)16-11-10-13-23-39-42-38/h17-20,28-29,44H,10-16,21-25H2,1-9H3,(H2,40,41,49). The maximum Gasteiger partial charge on any atom is 0.329 e. The Kier molecular flexibility index (Phi) is 19.0. The minimum Gasteiger partial charge on any atom is -0.508 e. The molecule has 0 fully saturated rings. The number of phenolic OH excluding ortho intramolecular Hbond substituents is 1. The van der Waals surface area contributed by atoms with Gasteiger partial charge in [-0.25, -0.2) is 14.4 Å². The fraction of sp³-hybridized carbons (Fsp3) is 0.703. The molecule has 0 saturated heterocycles. The number of ether oxygens (including phenoxy) is 3. The van der Waals surface area contributed by atoms with E-state index in [1.54, 1.807) is 91.5 Å². The van der Waals surface area contributed by atoms with Crippen LogP contribution in [0.2, 0.25) is 0 Å². The van der Waals surface area contributed by atoms with Crippen LogP contribution in [0.25, 0.3) is 10.4 Å². The molecule has 0 aliphatic heterocycles. The first-order valence-electron chi connectivity index (χ1n) is 17.9. The van der Waals surface area contributed by atoms with Crippen molar-refractivity contribution < 1.29 is 43.3 Å². The second kappa shape index (κ2) is 21.8. The van der Waals surface area contributed by atoms with Crippen molar-refractivity contribution >= 4 is 29.8 Å². The second-order valence-corrected chi connectivity index (χ2v) is 15.7. The van der Waals surface area contributed by atoms with Crippen molar-refractivity contribution in [3.63, 3.8) is 0 Å². The predicted octanol–water partition coefficient (Wildman–Crippen LogP) is 6.60. The Labute approximate surface area is 308 Å². The second-order valence-electron chi connectivity index (χ2n) is 15.7. The van der Waals surface area contributed by atoms with Gasteiger partial charge in [0.15, 0.2) is 0 Å². The molecule has 15 nitrogen and oxygen atoms in total. The normalized spacial score (nSPS) is 12.8. The van der Waals surface area contributed by atoms with Crippen molar-refractivity contribution in [3.05, 3.63) is 40.3 Å². The van der Waals surface area contributed by atoms with Gasteiger partial charge in [0.2, 0.25) is 5.91 Å². The molecule has 0 aromatic heterocycles. The van der Waals surface area contributed by atoms with E-state index >= 15 is 0 Å². The Balaban J connectivity index is 3.02. The first-order valence-corrected chi connectivity index (χ1v) is 17.9. The summed E-state index contributed by atoms with van der Waals surface area (Å²) in [4.78, 5) is 69.6. The maximum absolute atomic E-state index is 13.3. The topological polar surface area (TPSA) is 209 Å². The number of hydrogen-bond donors (Lipinski definition) is 3. The number of nitrogens with one attached hydrogen (secondary N) is 2. The van der Waals surface area contributed by atoms with Crippen molar-refractivity contribution in [2.75, 3.05) is 13.1 Å². The summed E-state index contributed by atoms with van der Waals surface area (Å²) in [5, 5.41) is 18.4. The number of benzene rings is 1. The summed E-state index contributed by atoms with van der Waals surface area (Å²) >= 11 is 0. The number of rotatable bonds is 20. The molecule has 3 N–H and O–H groups in total. The van der Waals surface area contributed by atoms with E-state index in [-0.39, 0.29) is 30.9 Å². The van der Waals surface area contributed by atoms with E-state index in [4.69, 9.17) is 19.7 Å². The summed E-state index contributed by atoms with van der Waals surface area (Å²) in [6.07, 6.45) is 3.22. The van der Waals surface area contributed by atoms with Gasteiger partial charge in [-0.1, -0.05) is 23.7 Å². The number of phenols is 1. The Morgan fingerprint density at radius 2 is 1.29 bits per heavy atom. The van der Waals surface area contributed by atoms with Gasteiger partial charge in [0.25, 0.3) is 0 Å². The van der Waals surface area contributed by atoms with Crippen molar-refractivity contribution in [2.24, 2.45) is 5.11 Å². The Hall–Kier alpha value is -4.52. The molecule has 3 amide bonds. The van der Waals surface area contributed by atoms with Gasteiger partial charge in [0.1, 0.15) is 34.6 Å². The van der Waals surface area contributed by atoms with Crippen molar-refractivity contribution in [1.29, 1.82) is 0 Å². The lowest BCUT2D eigenvalue weighted by atomic mass is 10.1. The molecule has 1 aromatic rings. The quantitative estimate of drug-likeness (QED) is 0.0329. The largest absolute Gasteiger partial charge is 0.508 e. The zero-order valence-electron chi connectivity index (χ0n) is 32.5. The number of esters is 3. The van der Waals surface area contributed by atoms with E-state index in [1.807, 2.05) is 0 Å². The molecule has 0 bridgehead atoms. The predicted molar refractivity (Wildman–Crippen MR) is 196 cm³/mol. The van der Waals surface area contributed by atoms with Gasteiger partial charge in [-0.05, 0) is 124 Å². The molecule has 0 heterocycles. The van der Waals surface area contributed by atoms with Gasteiger partial charge in [0.05, 0.1) is 0 Å². The van der Waals surface area contributed by atoms with Crippen LogP contribution in [0.15, 0.2) is 29.4 Å². The van der Waals surface area contributed by atoms with E-state index in [9.17, 15) is 29.1 Å². The summed E-state index contributed by atoms with van der Waals surface area (Å²) in [5.41, 5.74) is 6.87. The van der Waals surface area contributed by atoms with Gasteiger partial charge in [-0.2, -0.15) is 0 Å². The van der Waals surface area contributed by atoms with Crippen LogP contribution in [0.1, 0.15) is 126 Å². The molecule has 52 heavy (non-hydrogen) atoms. The molecule has 0 spiro atoms. The molecule has 2 unspecified atom stereocenters. The summed E-state index contributed by atoms with van der Waals surface area (Å²) in [5.74, 6) is -1.89. The van der Waals surface area contributed by atoms with Crippen LogP contribution in [-0.2, 0) is 39.9 Å². The van der Waals surface area contributed by atoms with Crippen LogP contribution in [0.4, 0.5) is 4.79 Å². The Morgan fingerprint density at radius 1 is 0.750 bits per heavy atom. The Bertz CT molecular complexity index is 1360. The van der Waals surface area contributed by atoms with E-state index in [1.165, 1.54) is 0 Å².